The first-order chi connectivity index (χ1) is 21.6. The van der Waals surface area contributed by atoms with Crippen LogP contribution in [0.15, 0.2) is 82.1 Å². The van der Waals surface area contributed by atoms with Gasteiger partial charge >= 0.3 is 0 Å². The Balaban J connectivity index is 0.000000181. The molecule has 6 heterocycles. The molecule has 2 aliphatic heterocycles. The lowest BCUT2D eigenvalue weighted by atomic mass is 10.3. The Kier molecular flexibility index (Phi) is 9.04. The number of carbonyl (C=O) groups is 2. The number of hydrogen-bond acceptors (Lipinski definition) is 12. The van der Waals surface area contributed by atoms with Crippen LogP contribution in [0.2, 0.25) is 8.67 Å². The van der Waals surface area contributed by atoms with Gasteiger partial charge in [-0.2, -0.15) is 0 Å². The number of nitrogens with one attached hydrogen (secondary N) is 2. The van der Waals surface area contributed by atoms with Crippen LogP contribution in [-0.4, -0.2) is 71.5 Å². The first kappa shape index (κ1) is 33.2. The molecule has 6 rings (SSSR count). The van der Waals surface area contributed by atoms with Crippen LogP contribution in [0, 0.1) is 0 Å². The predicted molar refractivity (Wildman–Crippen MR) is 173 cm³/mol. The molecule has 0 saturated carbocycles. The fourth-order valence-corrected chi connectivity index (χ4v) is 10.1. The first-order valence-electron chi connectivity index (χ1n) is 12.5. The average Bonchev–Trinajstić information content (AvgIpc) is 3.61. The van der Waals surface area contributed by atoms with Crippen molar-refractivity contribution in [3.63, 3.8) is 0 Å². The Morgan fingerprint density at radius 1 is 0.717 bits per heavy atom. The van der Waals surface area contributed by atoms with Gasteiger partial charge in [-0.1, -0.05) is 35.3 Å². The number of aliphatic hydroxyl groups excluding tert-OH is 2. The third-order valence-corrected chi connectivity index (χ3v) is 12.7. The molecule has 0 saturated heterocycles. The summed E-state index contributed by atoms with van der Waals surface area (Å²) in [5, 5.41) is 25.6. The van der Waals surface area contributed by atoms with E-state index in [2.05, 4.69) is 20.6 Å². The largest absolute Gasteiger partial charge is 0.504 e. The lowest BCUT2D eigenvalue weighted by molar-refractivity contribution is -0.114. The van der Waals surface area contributed by atoms with Gasteiger partial charge in [-0.05, 0) is 36.4 Å². The smallest absolute Gasteiger partial charge is 0.278 e. The van der Waals surface area contributed by atoms with Gasteiger partial charge in [-0.25, -0.2) is 26.8 Å². The van der Waals surface area contributed by atoms with E-state index in [0.29, 0.717) is 0 Å². The molecule has 4 aromatic rings. The van der Waals surface area contributed by atoms with Crippen LogP contribution in [-0.2, 0) is 29.6 Å². The van der Waals surface area contributed by atoms with Gasteiger partial charge in [0.25, 0.3) is 31.9 Å². The number of hydrogen-bond donors (Lipinski definition) is 4. The molecule has 0 aliphatic carbocycles. The van der Waals surface area contributed by atoms with Crippen molar-refractivity contribution >= 4 is 101 Å². The fraction of sp³-hybridized carbons (Fsp3) is 0.0769. The number of fused-ring (bicyclic) bond motifs is 2. The normalized spacial score (nSPS) is 16.2. The van der Waals surface area contributed by atoms with E-state index in [1.165, 1.54) is 38.6 Å². The molecule has 20 heteroatoms. The van der Waals surface area contributed by atoms with Crippen molar-refractivity contribution < 1.29 is 36.6 Å². The van der Waals surface area contributed by atoms with E-state index in [9.17, 15) is 36.6 Å². The molecule has 0 fully saturated rings. The molecule has 0 bridgehead atoms. The molecule has 0 spiro atoms. The number of nitrogens with zero attached hydrogens (tertiary/aromatic N) is 4. The molecule has 0 radical (unpaired) electrons. The fourth-order valence-electron chi connectivity index (χ4n) is 4.18. The first-order valence-corrected chi connectivity index (χ1v) is 17.8. The monoisotopic (exact) mass is 742 g/mol. The van der Waals surface area contributed by atoms with E-state index < -0.39 is 43.4 Å². The van der Waals surface area contributed by atoms with Gasteiger partial charge in [0.2, 0.25) is 0 Å². The van der Waals surface area contributed by atoms with Crippen molar-refractivity contribution in [3.05, 3.63) is 90.7 Å². The van der Waals surface area contributed by atoms with Crippen molar-refractivity contribution in [3.8, 4) is 0 Å². The van der Waals surface area contributed by atoms with Gasteiger partial charge in [0.05, 0.1) is 18.4 Å². The highest BCUT2D eigenvalue weighted by molar-refractivity contribution is 7.90. The van der Waals surface area contributed by atoms with Gasteiger partial charge < -0.3 is 20.8 Å². The number of aliphatic hydroxyl groups is 2. The van der Waals surface area contributed by atoms with E-state index in [1.807, 2.05) is 0 Å². The molecular weight excluding hydrogens is 723 g/mol. The number of pyridine rings is 2. The molecule has 46 heavy (non-hydrogen) atoms. The van der Waals surface area contributed by atoms with Gasteiger partial charge in [-0.15, -0.1) is 22.7 Å². The predicted octanol–water partition coefficient (Wildman–Crippen LogP) is 4.59. The van der Waals surface area contributed by atoms with Crippen molar-refractivity contribution in [1.82, 2.24) is 18.6 Å². The maximum absolute atomic E-state index is 12.5. The van der Waals surface area contributed by atoms with Crippen LogP contribution in [0.1, 0.15) is 9.75 Å². The Morgan fingerprint density at radius 3 is 1.41 bits per heavy atom. The summed E-state index contributed by atoms with van der Waals surface area (Å²) in [7, 11) is -5.54. The Bertz CT molecular complexity index is 2000. The zero-order chi connectivity index (χ0) is 33.6. The van der Waals surface area contributed by atoms with E-state index in [-0.39, 0.29) is 51.2 Å². The summed E-state index contributed by atoms with van der Waals surface area (Å²) in [6.45, 7) is 0. The number of anilines is 2. The molecule has 240 valence electrons. The van der Waals surface area contributed by atoms with Gasteiger partial charge in [0.15, 0.2) is 22.9 Å². The van der Waals surface area contributed by atoms with E-state index in [0.717, 1.165) is 31.3 Å². The van der Waals surface area contributed by atoms with Crippen molar-refractivity contribution in [2.75, 3.05) is 24.7 Å². The summed E-state index contributed by atoms with van der Waals surface area (Å²) >= 11 is 13.5. The van der Waals surface area contributed by atoms with Crippen LogP contribution in [0.4, 0.5) is 11.6 Å². The van der Waals surface area contributed by atoms with E-state index >= 15 is 0 Å². The second-order valence-corrected chi connectivity index (χ2v) is 16.4. The lowest BCUT2D eigenvalue weighted by Crippen LogP contribution is -2.36. The summed E-state index contributed by atoms with van der Waals surface area (Å²) in [5.41, 5.74) is -0.775. The highest BCUT2D eigenvalue weighted by Gasteiger charge is 2.41. The average molecular weight is 744 g/mol. The zero-order valence-corrected chi connectivity index (χ0v) is 28.1. The number of halogens is 2. The Labute approximate surface area is 280 Å². The van der Waals surface area contributed by atoms with E-state index in [1.54, 1.807) is 36.4 Å². The Morgan fingerprint density at radius 2 is 1.09 bits per heavy atom. The summed E-state index contributed by atoms with van der Waals surface area (Å²) in [6, 6.07) is 12.2. The molecule has 4 N–H and O–H groups in total. The Hall–Kier alpha value is -4.20. The third kappa shape index (κ3) is 6.02. The number of thiophene rings is 2. The molecule has 2 amide bonds. The lowest BCUT2D eigenvalue weighted by Gasteiger charge is -2.26. The van der Waals surface area contributed by atoms with Crippen LogP contribution in [0.25, 0.3) is 11.5 Å². The van der Waals surface area contributed by atoms with Crippen LogP contribution in [0.5, 0.6) is 0 Å². The molecule has 14 nitrogen and oxygen atoms in total. The van der Waals surface area contributed by atoms with Crippen LogP contribution in [0.3, 0.4) is 0 Å². The molecule has 0 unspecified atom stereocenters. The van der Waals surface area contributed by atoms with Crippen molar-refractivity contribution in [1.29, 1.82) is 0 Å². The van der Waals surface area contributed by atoms with E-state index in [4.69, 9.17) is 23.2 Å². The zero-order valence-electron chi connectivity index (χ0n) is 23.3. The summed E-state index contributed by atoms with van der Waals surface area (Å²) in [4.78, 5) is 32.5. The standard InChI is InChI=1S/2C13H10ClN3O4S2/c2*1-17-10(13(19)16-9-4-2-3-5-15-9)11(18)12-7(23(17,20)21)6-8(14)22-12/h2*2-6,18H,1H3,(H,15,16,19). The maximum Gasteiger partial charge on any atom is 0.278 e. The van der Waals surface area contributed by atoms with Crippen LogP contribution >= 0.6 is 45.9 Å². The van der Waals surface area contributed by atoms with Crippen molar-refractivity contribution in [2.24, 2.45) is 0 Å². The second-order valence-electron chi connectivity index (χ2n) is 9.17. The number of sulfonamides is 2. The molecule has 4 aromatic heterocycles. The number of carbonyl (C=O) groups excluding carboxylic acids is 2. The molecule has 0 aromatic carbocycles. The van der Waals surface area contributed by atoms with Crippen LogP contribution < -0.4 is 10.6 Å². The molecule has 0 atom stereocenters. The summed E-state index contributed by atoms with van der Waals surface area (Å²) < 4.78 is 51.7. The minimum atomic E-state index is -3.96. The molecule has 2 aliphatic rings. The SMILES string of the molecule is CN1C(C(=O)Nc2ccccn2)=C(O)c2sc(Cl)cc2S1(=O)=O.CN1C(C(=O)Nc2ccccn2)=C(O)c2sc(Cl)cc2S1(=O)=O. The number of rotatable bonds is 4. The van der Waals surface area contributed by atoms with Gasteiger partial charge in [-0.3, -0.25) is 18.2 Å². The van der Waals surface area contributed by atoms with Gasteiger partial charge in [0, 0.05) is 26.5 Å². The minimum absolute atomic E-state index is 0.0410. The maximum atomic E-state index is 12.5. The second kappa shape index (κ2) is 12.5. The highest BCUT2D eigenvalue weighted by Crippen LogP contribution is 2.43. The van der Waals surface area contributed by atoms with Crippen molar-refractivity contribution in [2.45, 2.75) is 9.79 Å². The quantitative estimate of drug-likeness (QED) is 0.229. The summed E-state index contributed by atoms with van der Waals surface area (Å²) in [5.74, 6) is -1.99. The summed E-state index contributed by atoms with van der Waals surface area (Å²) in [6.07, 6.45) is 2.95. The topological polar surface area (TPSA) is 199 Å². The highest BCUT2D eigenvalue weighted by atomic mass is 35.5. The molecular formula is C26H20Cl2N6O8S4. The number of aromatic nitrogens is 2. The number of likely N-dealkylation sites (N-methyl/N-ethyl adjacent to an activating group) is 2. The number of amides is 2. The minimum Gasteiger partial charge on any atom is -0.504 e. The van der Waals surface area contributed by atoms with Gasteiger partial charge in [0.1, 0.15) is 21.4 Å². The third-order valence-electron chi connectivity index (χ3n) is 6.36.